The second-order valence-corrected chi connectivity index (χ2v) is 8.35. The van der Waals surface area contributed by atoms with Crippen molar-refractivity contribution < 1.29 is 4.79 Å². The summed E-state index contributed by atoms with van der Waals surface area (Å²) in [6.45, 7) is 9.48. The quantitative estimate of drug-likeness (QED) is 0.567. The average Bonchev–Trinajstić information content (AvgIpc) is 3.26. The molecule has 0 fully saturated rings. The van der Waals surface area contributed by atoms with Gasteiger partial charge in [-0.2, -0.15) is 0 Å². The van der Waals surface area contributed by atoms with Gasteiger partial charge in [0.1, 0.15) is 17.6 Å². The van der Waals surface area contributed by atoms with E-state index in [4.69, 9.17) is 0 Å². The SMILES string of the molecule is CCC(=O)N1Cc2c(-c3cc4cccnc4[nH]3)c3c(C)ncnc3n2C(C)(C)C1. The summed E-state index contributed by atoms with van der Waals surface area (Å²) in [7, 11) is 0. The van der Waals surface area contributed by atoms with E-state index in [1.165, 1.54) is 0 Å². The van der Waals surface area contributed by atoms with Gasteiger partial charge in [-0.15, -0.1) is 0 Å². The lowest BCUT2D eigenvalue weighted by Crippen LogP contribution is -2.48. The first-order chi connectivity index (χ1) is 13.9. The Kier molecular flexibility index (Phi) is 3.78. The van der Waals surface area contributed by atoms with Crippen LogP contribution in [0.3, 0.4) is 0 Å². The predicted molar refractivity (Wildman–Crippen MR) is 112 cm³/mol. The minimum atomic E-state index is -0.278. The van der Waals surface area contributed by atoms with Crippen LogP contribution in [0.4, 0.5) is 0 Å². The first-order valence-electron chi connectivity index (χ1n) is 9.98. The van der Waals surface area contributed by atoms with E-state index in [-0.39, 0.29) is 11.4 Å². The molecule has 0 aliphatic carbocycles. The monoisotopic (exact) mass is 388 g/mol. The maximum atomic E-state index is 12.6. The molecule has 148 valence electrons. The fourth-order valence-electron chi connectivity index (χ4n) is 4.67. The van der Waals surface area contributed by atoms with Gasteiger partial charge in [0, 0.05) is 41.2 Å². The zero-order valence-electron chi connectivity index (χ0n) is 17.2. The van der Waals surface area contributed by atoms with Crippen molar-refractivity contribution in [3.63, 3.8) is 0 Å². The number of aromatic nitrogens is 5. The Morgan fingerprint density at radius 2 is 2.10 bits per heavy atom. The summed E-state index contributed by atoms with van der Waals surface area (Å²) in [5.41, 5.74) is 5.56. The smallest absolute Gasteiger partial charge is 0.222 e. The lowest BCUT2D eigenvalue weighted by molar-refractivity contribution is -0.133. The normalized spacial score (nSPS) is 15.8. The van der Waals surface area contributed by atoms with Crippen LogP contribution in [-0.4, -0.2) is 41.9 Å². The third-order valence-corrected chi connectivity index (χ3v) is 5.88. The summed E-state index contributed by atoms with van der Waals surface area (Å²) >= 11 is 0. The minimum Gasteiger partial charge on any atom is -0.339 e. The first-order valence-corrected chi connectivity index (χ1v) is 9.98. The Labute approximate surface area is 168 Å². The molecule has 1 N–H and O–H groups in total. The summed E-state index contributed by atoms with van der Waals surface area (Å²) in [5, 5.41) is 2.09. The van der Waals surface area contributed by atoms with Gasteiger partial charge in [0.2, 0.25) is 5.91 Å². The van der Waals surface area contributed by atoms with Crippen LogP contribution in [0.25, 0.3) is 33.3 Å². The van der Waals surface area contributed by atoms with Crippen LogP contribution in [0, 0.1) is 6.92 Å². The standard InChI is InChI=1S/C22H24N6O/c1-5-17(29)27-10-16-19(15-9-14-7-6-8-23-20(14)26-15)18-13(2)24-12-25-21(18)28(16)22(3,4)11-27/h6-9,12H,5,10-11H2,1-4H3,(H,23,26). The van der Waals surface area contributed by atoms with Gasteiger partial charge >= 0.3 is 0 Å². The van der Waals surface area contributed by atoms with E-state index in [0.29, 0.717) is 19.5 Å². The van der Waals surface area contributed by atoms with Gasteiger partial charge in [0.05, 0.1) is 23.5 Å². The molecule has 4 aromatic rings. The van der Waals surface area contributed by atoms with Gasteiger partial charge in [-0.1, -0.05) is 6.92 Å². The van der Waals surface area contributed by atoms with Gasteiger partial charge in [-0.25, -0.2) is 15.0 Å². The fraction of sp³-hybridized carbons (Fsp3) is 0.364. The number of rotatable bonds is 2. The molecule has 0 radical (unpaired) electrons. The van der Waals surface area contributed by atoms with Crippen molar-refractivity contribution in [2.24, 2.45) is 0 Å². The van der Waals surface area contributed by atoms with Crippen molar-refractivity contribution in [1.82, 2.24) is 29.4 Å². The highest BCUT2D eigenvalue weighted by Gasteiger charge is 2.38. The molecular formula is C22H24N6O. The summed E-state index contributed by atoms with van der Waals surface area (Å²) in [5.74, 6) is 0.168. The van der Waals surface area contributed by atoms with Crippen LogP contribution < -0.4 is 0 Å². The molecule has 0 saturated carbocycles. The van der Waals surface area contributed by atoms with Crippen LogP contribution in [-0.2, 0) is 16.9 Å². The van der Waals surface area contributed by atoms with Gasteiger partial charge < -0.3 is 14.5 Å². The van der Waals surface area contributed by atoms with Gasteiger partial charge in [-0.3, -0.25) is 4.79 Å². The number of hydrogen-bond acceptors (Lipinski definition) is 4. The molecule has 1 amide bonds. The van der Waals surface area contributed by atoms with Crippen molar-refractivity contribution in [2.45, 2.75) is 46.2 Å². The lowest BCUT2D eigenvalue weighted by atomic mass is 9.99. The molecule has 7 heteroatoms. The Morgan fingerprint density at radius 1 is 1.28 bits per heavy atom. The van der Waals surface area contributed by atoms with E-state index < -0.39 is 0 Å². The summed E-state index contributed by atoms with van der Waals surface area (Å²) in [6, 6.07) is 6.11. The van der Waals surface area contributed by atoms with E-state index in [0.717, 1.165) is 44.7 Å². The summed E-state index contributed by atoms with van der Waals surface area (Å²) in [4.78, 5) is 31.6. The molecule has 29 heavy (non-hydrogen) atoms. The van der Waals surface area contributed by atoms with Crippen molar-refractivity contribution in [2.75, 3.05) is 6.54 Å². The molecule has 1 aliphatic heterocycles. The molecule has 5 rings (SSSR count). The van der Waals surface area contributed by atoms with E-state index in [1.807, 2.05) is 30.9 Å². The number of amides is 1. The van der Waals surface area contributed by atoms with Crippen molar-refractivity contribution in [3.8, 4) is 11.3 Å². The Balaban J connectivity index is 1.85. The first kappa shape index (κ1) is 17.8. The van der Waals surface area contributed by atoms with Gasteiger partial charge in [0.25, 0.3) is 0 Å². The van der Waals surface area contributed by atoms with Crippen LogP contribution in [0.2, 0.25) is 0 Å². The Morgan fingerprint density at radius 3 is 2.86 bits per heavy atom. The number of fused-ring (bicyclic) bond motifs is 4. The third kappa shape index (κ3) is 2.57. The summed E-state index contributed by atoms with van der Waals surface area (Å²) in [6.07, 6.45) is 3.91. The maximum Gasteiger partial charge on any atom is 0.222 e. The molecule has 0 aromatic carbocycles. The lowest BCUT2D eigenvalue weighted by Gasteiger charge is -2.41. The molecule has 4 aromatic heterocycles. The molecule has 0 spiro atoms. The maximum absolute atomic E-state index is 12.6. The van der Waals surface area contributed by atoms with Gasteiger partial charge in [-0.05, 0) is 39.0 Å². The third-order valence-electron chi connectivity index (χ3n) is 5.88. The number of pyridine rings is 1. The molecule has 0 unspecified atom stereocenters. The second-order valence-electron chi connectivity index (χ2n) is 8.35. The van der Waals surface area contributed by atoms with Crippen LogP contribution in [0.5, 0.6) is 0 Å². The average molecular weight is 388 g/mol. The second kappa shape index (κ2) is 6.14. The molecule has 0 bridgehead atoms. The zero-order chi connectivity index (χ0) is 20.3. The van der Waals surface area contributed by atoms with Crippen LogP contribution in [0.1, 0.15) is 38.6 Å². The Hall–Kier alpha value is -3.22. The van der Waals surface area contributed by atoms with Crippen molar-refractivity contribution in [1.29, 1.82) is 0 Å². The van der Waals surface area contributed by atoms with Crippen molar-refractivity contribution >= 4 is 28.0 Å². The number of nitrogens with one attached hydrogen (secondary N) is 1. The van der Waals surface area contributed by atoms with Gasteiger partial charge in [0.15, 0.2) is 0 Å². The predicted octanol–water partition coefficient (Wildman–Crippen LogP) is 3.77. The highest BCUT2D eigenvalue weighted by Crippen LogP contribution is 2.42. The highest BCUT2D eigenvalue weighted by molar-refractivity contribution is 5.99. The molecule has 1 aliphatic rings. The van der Waals surface area contributed by atoms with Crippen LogP contribution >= 0.6 is 0 Å². The van der Waals surface area contributed by atoms with Crippen LogP contribution in [0.15, 0.2) is 30.7 Å². The molecular weight excluding hydrogens is 364 g/mol. The number of H-pyrrole nitrogens is 1. The molecule has 5 heterocycles. The molecule has 0 saturated heterocycles. The number of hydrogen-bond donors (Lipinski definition) is 1. The largest absolute Gasteiger partial charge is 0.339 e. The zero-order valence-corrected chi connectivity index (χ0v) is 17.2. The molecule has 7 nitrogen and oxygen atoms in total. The number of nitrogens with zero attached hydrogens (tertiary/aromatic N) is 5. The highest BCUT2D eigenvalue weighted by atomic mass is 16.2. The van der Waals surface area contributed by atoms with E-state index >= 15 is 0 Å². The van der Waals surface area contributed by atoms with E-state index in [1.54, 1.807) is 12.5 Å². The summed E-state index contributed by atoms with van der Waals surface area (Å²) < 4.78 is 2.30. The topological polar surface area (TPSA) is 79.7 Å². The number of aromatic amines is 1. The Bertz CT molecular complexity index is 1230. The fourth-order valence-corrected chi connectivity index (χ4v) is 4.67. The number of aryl methyl sites for hydroxylation is 1. The molecule has 0 atom stereocenters. The van der Waals surface area contributed by atoms with Crippen molar-refractivity contribution in [3.05, 3.63) is 42.1 Å². The van der Waals surface area contributed by atoms with E-state index in [2.05, 4.69) is 44.4 Å². The number of carbonyl (C=O) groups excluding carboxylic acids is 1. The number of carbonyl (C=O) groups is 1. The van der Waals surface area contributed by atoms with E-state index in [9.17, 15) is 4.79 Å². The minimum absolute atomic E-state index is 0.168.